The van der Waals surface area contributed by atoms with Crippen LogP contribution in [0.25, 0.3) is 0 Å². The van der Waals surface area contributed by atoms with Crippen molar-refractivity contribution in [2.24, 2.45) is 0 Å². The topological polar surface area (TPSA) is 47.7 Å². The summed E-state index contributed by atoms with van der Waals surface area (Å²) in [4.78, 5) is 0. The van der Waals surface area contributed by atoms with E-state index in [2.05, 4.69) is 52.9 Å². The van der Waals surface area contributed by atoms with Gasteiger partial charge in [-0.15, -0.1) is 0 Å². The van der Waals surface area contributed by atoms with E-state index in [9.17, 15) is 0 Å². The zero-order chi connectivity index (χ0) is 14.5. The zero-order valence-corrected chi connectivity index (χ0v) is 12.1. The van der Waals surface area contributed by atoms with Crippen molar-refractivity contribution in [2.45, 2.75) is 26.6 Å². The molecule has 0 bridgehead atoms. The molecular weight excluding hydrogens is 262 g/mol. The van der Waals surface area contributed by atoms with Gasteiger partial charge in [-0.25, -0.2) is 0 Å². The first-order valence-corrected chi connectivity index (χ1v) is 7.15. The fourth-order valence-electron chi connectivity index (χ4n) is 2.18. The maximum atomic E-state index is 4.27. The van der Waals surface area contributed by atoms with Gasteiger partial charge in [-0.1, -0.05) is 12.1 Å². The van der Waals surface area contributed by atoms with E-state index in [1.54, 1.807) is 6.20 Å². The Kier molecular flexibility index (Phi) is 4.00. The third-order valence-corrected chi connectivity index (χ3v) is 3.37. The normalized spacial score (nSPS) is 10.7. The van der Waals surface area contributed by atoms with Gasteiger partial charge in [0.15, 0.2) is 0 Å². The molecule has 0 amide bonds. The van der Waals surface area contributed by atoms with Crippen molar-refractivity contribution in [3.8, 4) is 0 Å². The largest absolute Gasteiger partial charge is 0.381 e. The molecule has 2 aromatic heterocycles. The van der Waals surface area contributed by atoms with Crippen LogP contribution in [-0.2, 0) is 19.6 Å². The summed E-state index contributed by atoms with van der Waals surface area (Å²) >= 11 is 0. The van der Waals surface area contributed by atoms with Gasteiger partial charge in [-0.3, -0.25) is 9.36 Å². The quantitative estimate of drug-likeness (QED) is 0.756. The smallest absolute Gasteiger partial charge is 0.0659 e. The Labute approximate surface area is 124 Å². The number of hydrogen-bond acceptors (Lipinski definition) is 3. The van der Waals surface area contributed by atoms with Gasteiger partial charge < -0.3 is 5.32 Å². The third kappa shape index (κ3) is 3.51. The summed E-state index contributed by atoms with van der Waals surface area (Å²) in [6.45, 7) is 4.58. The molecular formula is C16H19N5. The lowest BCUT2D eigenvalue weighted by atomic mass is 10.2. The molecule has 0 saturated heterocycles. The van der Waals surface area contributed by atoms with E-state index in [4.69, 9.17) is 0 Å². The number of nitrogens with one attached hydrogen (secondary N) is 1. The Morgan fingerprint density at radius 2 is 1.90 bits per heavy atom. The highest BCUT2D eigenvalue weighted by molar-refractivity contribution is 5.45. The van der Waals surface area contributed by atoms with E-state index in [1.807, 2.05) is 27.8 Å². The Morgan fingerprint density at radius 1 is 1.05 bits per heavy atom. The highest BCUT2D eigenvalue weighted by Crippen LogP contribution is 2.12. The second kappa shape index (κ2) is 6.26. The molecule has 1 aromatic carbocycles. The van der Waals surface area contributed by atoms with Gasteiger partial charge in [0, 0.05) is 42.9 Å². The van der Waals surface area contributed by atoms with Crippen molar-refractivity contribution in [1.29, 1.82) is 0 Å². The molecule has 3 rings (SSSR count). The first kappa shape index (κ1) is 13.4. The molecule has 108 valence electrons. The van der Waals surface area contributed by atoms with Gasteiger partial charge >= 0.3 is 0 Å². The van der Waals surface area contributed by atoms with Crippen molar-refractivity contribution in [3.63, 3.8) is 0 Å². The first-order valence-electron chi connectivity index (χ1n) is 7.15. The number of hydrogen-bond donors (Lipinski definition) is 1. The molecule has 0 saturated carbocycles. The molecule has 3 aromatic rings. The Balaban J connectivity index is 1.56. The monoisotopic (exact) mass is 281 g/mol. The summed E-state index contributed by atoms with van der Waals surface area (Å²) < 4.78 is 3.85. The number of aryl methyl sites for hydroxylation is 1. The van der Waals surface area contributed by atoms with Crippen LogP contribution in [0.1, 0.15) is 18.1 Å². The van der Waals surface area contributed by atoms with Crippen LogP contribution >= 0.6 is 0 Å². The standard InChI is InChI=1S/C16H19N5/c1-2-20-13-15(11-19-20)10-17-16-6-4-14(5-7-16)12-21-9-3-8-18-21/h3-9,11,13,17H,2,10,12H2,1H3. The minimum atomic E-state index is 0.790. The van der Waals surface area contributed by atoms with Gasteiger partial charge in [0.05, 0.1) is 12.7 Å². The average Bonchev–Trinajstić information content (AvgIpc) is 3.18. The van der Waals surface area contributed by atoms with E-state index >= 15 is 0 Å². The van der Waals surface area contributed by atoms with Crippen LogP contribution in [0.2, 0.25) is 0 Å². The van der Waals surface area contributed by atoms with Gasteiger partial charge in [-0.2, -0.15) is 10.2 Å². The molecule has 0 aliphatic carbocycles. The Bertz CT molecular complexity index is 667. The second-order valence-corrected chi connectivity index (χ2v) is 4.96. The van der Waals surface area contributed by atoms with Crippen LogP contribution in [-0.4, -0.2) is 19.6 Å². The van der Waals surface area contributed by atoms with Crippen LogP contribution in [0.4, 0.5) is 5.69 Å². The summed E-state index contributed by atoms with van der Waals surface area (Å²) in [7, 11) is 0. The van der Waals surface area contributed by atoms with Gasteiger partial charge in [-0.05, 0) is 30.7 Å². The summed E-state index contributed by atoms with van der Waals surface area (Å²) in [5, 5.41) is 11.9. The van der Waals surface area contributed by atoms with Gasteiger partial charge in [0.1, 0.15) is 0 Å². The van der Waals surface area contributed by atoms with E-state index < -0.39 is 0 Å². The van der Waals surface area contributed by atoms with Crippen LogP contribution < -0.4 is 5.32 Å². The minimum absolute atomic E-state index is 0.790. The van der Waals surface area contributed by atoms with Crippen molar-refractivity contribution >= 4 is 5.69 Å². The fraction of sp³-hybridized carbons (Fsp3) is 0.250. The predicted octanol–water partition coefficient (Wildman–Crippen LogP) is 2.76. The molecule has 2 heterocycles. The van der Waals surface area contributed by atoms with Crippen molar-refractivity contribution in [1.82, 2.24) is 19.6 Å². The molecule has 21 heavy (non-hydrogen) atoms. The van der Waals surface area contributed by atoms with Gasteiger partial charge in [0.2, 0.25) is 0 Å². The second-order valence-electron chi connectivity index (χ2n) is 4.96. The van der Waals surface area contributed by atoms with Crippen molar-refractivity contribution in [3.05, 3.63) is 66.2 Å². The SMILES string of the molecule is CCn1cc(CNc2ccc(Cn3cccn3)cc2)cn1. The van der Waals surface area contributed by atoms with Crippen LogP contribution in [0.15, 0.2) is 55.1 Å². The maximum absolute atomic E-state index is 4.27. The summed E-state index contributed by atoms with van der Waals surface area (Å²) in [5.74, 6) is 0. The highest BCUT2D eigenvalue weighted by Gasteiger charge is 1.99. The lowest BCUT2D eigenvalue weighted by molar-refractivity contribution is 0.659. The minimum Gasteiger partial charge on any atom is -0.381 e. The first-order chi connectivity index (χ1) is 10.3. The third-order valence-electron chi connectivity index (χ3n) is 3.37. The predicted molar refractivity (Wildman–Crippen MR) is 83.0 cm³/mol. The lowest BCUT2D eigenvalue weighted by Crippen LogP contribution is -2.01. The molecule has 0 radical (unpaired) electrons. The number of nitrogens with zero attached hydrogens (tertiary/aromatic N) is 4. The molecule has 1 N–H and O–H groups in total. The van der Waals surface area contributed by atoms with Crippen molar-refractivity contribution in [2.75, 3.05) is 5.32 Å². The molecule has 0 atom stereocenters. The molecule has 0 spiro atoms. The van der Waals surface area contributed by atoms with Crippen molar-refractivity contribution < 1.29 is 0 Å². The van der Waals surface area contributed by atoms with E-state index in [0.717, 1.165) is 25.3 Å². The van der Waals surface area contributed by atoms with Crippen LogP contribution in [0.5, 0.6) is 0 Å². The summed E-state index contributed by atoms with van der Waals surface area (Å²) in [5.41, 5.74) is 3.55. The molecule has 0 aliphatic rings. The van der Waals surface area contributed by atoms with E-state index in [1.165, 1.54) is 11.1 Å². The zero-order valence-electron chi connectivity index (χ0n) is 12.1. The average molecular weight is 281 g/mol. The van der Waals surface area contributed by atoms with Gasteiger partial charge in [0.25, 0.3) is 0 Å². The molecule has 5 nitrogen and oxygen atoms in total. The fourth-order valence-corrected chi connectivity index (χ4v) is 2.18. The number of rotatable bonds is 6. The maximum Gasteiger partial charge on any atom is 0.0659 e. The number of anilines is 1. The molecule has 5 heteroatoms. The van der Waals surface area contributed by atoms with Crippen LogP contribution in [0, 0.1) is 0 Å². The molecule has 0 aliphatic heterocycles. The molecule has 0 fully saturated rings. The Hall–Kier alpha value is -2.56. The summed E-state index contributed by atoms with van der Waals surface area (Å²) in [6, 6.07) is 10.4. The van der Waals surface area contributed by atoms with E-state index in [-0.39, 0.29) is 0 Å². The van der Waals surface area contributed by atoms with Crippen LogP contribution in [0.3, 0.4) is 0 Å². The number of aromatic nitrogens is 4. The highest BCUT2D eigenvalue weighted by atomic mass is 15.3. The lowest BCUT2D eigenvalue weighted by Gasteiger charge is -2.07. The summed E-state index contributed by atoms with van der Waals surface area (Å²) in [6.07, 6.45) is 7.74. The Morgan fingerprint density at radius 3 is 2.57 bits per heavy atom. The van der Waals surface area contributed by atoms with E-state index in [0.29, 0.717) is 0 Å². The molecule has 0 unspecified atom stereocenters. The number of benzene rings is 1.